The first-order valence-electron chi connectivity index (χ1n) is 2.94. The van der Waals surface area contributed by atoms with Crippen LogP contribution in [0.2, 0.25) is 0 Å². The Kier molecular flexibility index (Phi) is 4.45. The van der Waals surface area contributed by atoms with Crippen molar-refractivity contribution in [1.82, 2.24) is 0 Å². The maximum absolute atomic E-state index is 10.8. The number of halogens is 2. The Balaban J connectivity index is 3.93. The van der Waals surface area contributed by atoms with Crippen molar-refractivity contribution in [3.8, 4) is 0 Å². The number of ether oxygens (including phenoxy) is 1. The van der Waals surface area contributed by atoms with Gasteiger partial charge in [-0.2, -0.15) is 0 Å². The highest BCUT2D eigenvalue weighted by atomic mass is 35.5. The van der Waals surface area contributed by atoms with Crippen LogP contribution in [0.4, 0.5) is 0 Å². The van der Waals surface area contributed by atoms with E-state index in [9.17, 15) is 9.59 Å². The normalized spacial score (nSPS) is 12.8. The number of carbonyl (C=O) groups excluding carboxylic acids is 2. The number of alkyl halides is 2. The zero-order valence-electron chi connectivity index (χ0n) is 6.14. The maximum Gasteiger partial charge on any atom is 0.303 e. The van der Waals surface area contributed by atoms with Crippen LogP contribution in [0.5, 0.6) is 0 Å². The number of hydrogen-bond donors (Lipinski definition) is 0. The lowest BCUT2D eigenvalue weighted by Gasteiger charge is -2.09. The van der Waals surface area contributed by atoms with Crippen LogP contribution in [0.25, 0.3) is 0 Å². The summed E-state index contributed by atoms with van der Waals surface area (Å²) in [7, 11) is 0. The highest BCUT2D eigenvalue weighted by Gasteiger charge is 2.21. The molecule has 0 heterocycles. The number of rotatable bonds is 3. The molecule has 1 unspecified atom stereocenters. The summed E-state index contributed by atoms with van der Waals surface area (Å²) in [6.45, 7) is 2.63. The fourth-order valence-corrected chi connectivity index (χ4v) is 0.839. The van der Waals surface area contributed by atoms with Crippen LogP contribution < -0.4 is 0 Å². The molecule has 64 valence electrons. The summed E-state index contributed by atoms with van der Waals surface area (Å²) in [5.74, 6) is -1.04. The molecule has 11 heavy (non-hydrogen) atoms. The second-order valence-corrected chi connectivity index (χ2v) is 3.05. The molecule has 0 aliphatic rings. The molecule has 0 rings (SSSR count). The molecule has 0 amide bonds. The lowest BCUT2D eigenvalue weighted by molar-refractivity contribution is -0.151. The van der Waals surface area contributed by atoms with Gasteiger partial charge in [-0.15, -0.1) is 0 Å². The van der Waals surface area contributed by atoms with Crippen molar-refractivity contribution in [2.24, 2.45) is 0 Å². The first kappa shape index (κ1) is 10.7. The maximum atomic E-state index is 10.8. The van der Waals surface area contributed by atoms with Crippen molar-refractivity contribution < 1.29 is 14.3 Å². The summed E-state index contributed by atoms with van der Waals surface area (Å²) in [4.78, 5) is 20.0. The third-order valence-electron chi connectivity index (χ3n) is 0.958. The highest BCUT2D eigenvalue weighted by molar-refractivity contribution is 6.54. The van der Waals surface area contributed by atoms with Crippen LogP contribution >= 0.6 is 23.2 Å². The molecule has 0 aromatic carbocycles. The summed E-state index contributed by atoms with van der Waals surface area (Å²) in [5, 5.41) is 0. The SMILES string of the molecule is CC(=O)OC(C)C(=O)C(Cl)Cl. The first-order valence-corrected chi connectivity index (χ1v) is 3.81. The second-order valence-electron chi connectivity index (χ2n) is 1.95. The Morgan fingerprint density at radius 1 is 1.36 bits per heavy atom. The van der Waals surface area contributed by atoms with Gasteiger partial charge in [0.05, 0.1) is 0 Å². The van der Waals surface area contributed by atoms with Crippen molar-refractivity contribution in [2.45, 2.75) is 24.8 Å². The standard InChI is InChI=1S/C6H8Cl2O3/c1-3(11-4(2)9)5(10)6(7)8/h3,6H,1-2H3. The monoisotopic (exact) mass is 198 g/mol. The van der Waals surface area contributed by atoms with Crippen molar-refractivity contribution in [1.29, 1.82) is 0 Å². The minimum Gasteiger partial charge on any atom is -0.455 e. The van der Waals surface area contributed by atoms with Gasteiger partial charge < -0.3 is 4.74 Å². The van der Waals surface area contributed by atoms with Crippen LogP contribution in [0.1, 0.15) is 13.8 Å². The van der Waals surface area contributed by atoms with Gasteiger partial charge >= 0.3 is 5.97 Å². The molecule has 0 aliphatic heterocycles. The molecule has 0 fully saturated rings. The van der Waals surface area contributed by atoms with E-state index >= 15 is 0 Å². The summed E-state index contributed by atoms with van der Waals surface area (Å²) < 4.78 is 4.52. The summed E-state index contributed by atoms with van der Waals surface area (Å²) in [5.41, 5.74) is 0. The largest absolute Gasteiger partial charge is 0.455 e. The molecule has 0 spiro atoms. The van der Waals surface area contributed by atoms with Gasteiger partial charge in [-0.1, -0.05) is 23.2 Å². The van der Waals surface area contributed by atoms with Gasteiger partial charge in [0.15, 0.2) is 10.9 Å². The zero-order chi connectivity index (χ0) is 9.02. The Morgan fingerprint density at radius 3 is 2.09 bits per heavy atom. The molecule has 0 aromatic rings. The van der Waals surface area contributed by atoms with Crippen LogP contribution in [0, 0.1) is 0 Å². The summed E-state index contributed by atoms with van der Waals surface area (Å²) in [6.07, 6.45) is -0.868. The average Bonchev–Trinajstić information content (AvgIpc) is 1.84. The van der Waals surface area contributed by atoms with Crippen LogP contribution in [-0.4, -0.2) is 22.7 Å². The second kappa shape index (κ2) is 4.57. The minimum absolute atomic E-state index is 0.511. The third kappa shape index (κ3) is 4.22. The fourth-order valence-electron chi connectivity index (χ4n) is 0.484. The Labute approximate surface area is 74.6 Å². The highest BCUT2D eigenvalue weighted by Crippen LogP contribution is 2.08. The van der Waals surface area contributed by atoms with E-state index in [-0.39, 0.29) is 0 Å². The van der Waals surface area contributed by atoms with Crippen molar-refractivity contribution in [3.05, 3.63) is 0 Å². The van der Waals surface area contributed by atoms with Crippen molar-refractivity contribution >= 4 is 35.0 Å². The van der Waals surface area contributed by atoms with E-state index in [1.165, 1.54) is 13.8 Å². The lowest BCUT2D eigenvalue weighted by Crippen LogP contribution is -2.27. The van der Waals surface area contributed by atoms with Gasteiger partial charge in [0.2, 0.25) is 5.78 Å². The quantitative estimate of drug-likeness (QED) is 0.508. The minimum atomic E-state index is -1.13. The summed E-state index contributed by atoms with van der Waals surface area (Å²) in [6, 6.07) is 0. The topological polar surface area (TPSA) is 43.4 Å². The van der Waals surface area contributed by atoms with Gasteiger partial charge in [0.25, 0.3) is 0 Å². The Morgan fingerprint density at radius 2 is 1.82 bits per heavy atom. The summed E-state index contributed by atoms with van der Waals surface area (Å²) >= 11 is 10.5. The van der Waals surface area contributed by atoms with E-state index in [0.29, 0.717) is 0 Å². The molecule has 0 saturated carbocycles. The van der Waals surface area contributed by atoms with Crippen molar-refractivity contribution in [3.63, 3.8) is 0 Å². The number of carbonyl (C=O) groups is 2. The van der Waals surface area contributed by atoms with E-state index in [4.69, 9.17) is 23.2 Å². The molecule has 0 saturated heterocycles. The molecule has 0 aliphatic carbocycles. The van der Waals surface area contributed by atoms with Crippen LogP contribution in [-0.2, 0) is 14.3 Å². The molecular weight excluding hydrogens is 191 g/mol. The smallest absolute Gasteiger partial charge is 0.303 e. The molecule has 0 radical (unpaired) electrons. The average molecular weight is 199 g/mol. The first-order chi connectivity index (χ1) is 4.95. The van der Waals surface area contributed by atoms with E-state index in [1.807, 2.05) is 0 Å². The molecule has 0 N–H and O–H groups in total. The molecule has 0 aromatic heterocycles. The van der Waals surface area contributed by atoms with E-state index in [2.05, 4.69) is 4.74 Å². The zero-order valence-corrected chi connectivity index (χ0v) is 7.65. The van der Waals surface area contributed by atoms with Gasteiger partial charge in [-0.25, -0.2) is 0 Å². The number of esters is 1. The third-order valence-corrected chi connectivity index (χ3v) is 1.39. The van der Waals surface area contributed by atoms with Crippen LogP contribution in [0.15, 0.2) is 0 Å². The van der Waals surface area contributed by atoms with Gasteiger partial charge in [-0.3, -0.25) is 9.59 Å². The Hall–Kier alpha value is -0.280. The number of Topliss-reactive ketones (excluding diaryl/α,β-unsaturated/α-hetero) is 1. The van der Waals surface area contributed by atoms with Gasteiger partial charge in [-0.05, 0) is 6.92 Å². The predicted octanol–water partition coefficient (Wildman–Crippen LogP) is 1.31. The molecule has 0 bridgehead atoms. The Bertz CT molecular complexity index is 167. The van der Waals surface area contributed by atoms with Crippen LogP contribution in [0.3, 0.4) is 0 Å². The molecule has 5 heteroatoms. The molecule has 3 nitrogen and oxygen atoms in total. The van der Waals surface area contributed by atoms with Gasteiger partial charge in [0.1, 0.15) is 0 Å². The number of ketones is 1. The lowest BCUT2D eigenvalue weighted by atomic mass is 10.3. The van der Waals surface area contributed by atoms with E-state index in [1.54, 1.807) is 0 Å². The van der Waals surface area contributed by atoms with E-state index < -0.39 is 22.7 Å². The van der Waals surface area contributed by atoms with Crippen molar-refractivity contribution in [2.75, 3.05) is 0 Å². The molecular formula is C6H8Cl2O3. The van der Waals surface area contributed by atoms with Gasteiger partial charge in [0, 0.05) is 6.92 Å². The predicted molar refractivity (Wildman–Crippen MR) is 41.7 cm³/mol. The number of hydrogen-bond acceptors (Lipinski definition) is 3. The molecule has 1 atom stereocenters. The van der Waals surface area contributed by atoms with E-state index in [0.717, 1.165) is 0 Å². The fraction of sp³-hybridized carbons (Fsp3) is 0.667.